The van der Waals surface area contributed by atoms with Gasteiger partial charge in [0.25, 0.3) is 0 Å². The van der Waals surface area contributed by atoms with Crippen molar-refractivity contribution in [2.24, 2.45) is 0 Å². The molecular formula is C19H15ClO5S. The minimum atomic E-state index is -1.26. The van der Waals surface area contributed by atoms with Crippen LogP contribution in [0.2, 0.25) is 5.02 Å². The fraction of sp³-hybridized carbons (Fsp3) is 0.158. The predicted molar refractivity (Wildman–Crippen MR) is 101 cm³/mol. The van der Waals surface area contributed by atoms with Gasteiger partial charge in [0.05, 0.1) is 22.1 Å². The van der Waals surface area contributed by atoms with Crippen LogP contribution in [0, 0.1) is 0 Å². The van der Waals surface area contributed by atoms with Crippen LogP contribution in [0.4, 0.5) is 0 Å². The van der Waals surface area contributed by atoms with Crippen molar-refractivity contribution in [3.8, 4) is 5.75 Å². The average molecular weight is 391 g/mol. The van der Waals surface area contributed by atoms with E-state index < -0.39 is 11.9 Å². The Balaban J connectivity index is 1.91. The number of halogens is 1. The van der Waals surface area contributed by atoms with Crippen molar-refractivity contribution in [3.63, 3.8) is 0 Å². The highest BCUT2D eigenvalue weighted by Crippen LogP contribution is 2.36. The quantitative estimate of drug-likeness (QED) is 0.599. The highest BCUT2D eigenvalue weighted by atomic mass is 35.5. The largest absolute Gasteiger partial charge is 0.487 e. The van der Waals surface area contributed by atoms with Crippen LogP contribution in [0.25, 0.3) is 10.1 Å². The lowest BCUT2D eigenvalue weighted by Crippen LogP contribution is -2.13. The van der Waals surface area contributed by atoms with Gasteiger partial charge in [0.15, 0.2) is 0 Å². The van der Waals surface area contributed by atoms with Gasteiger partial charge in [-0.3, -0.25) is 0 Å². The fourth-order valence-electron chi connectivity index (χ4n) is 2.55. The number of hydrogen-bond acceptors (Lipinski definition) is 5. The fourth-order valence-corrected chi connectivity index (χ4v) is 3.95. The van der Waals surface area contributed by atoms with E-state index in [9.17, 15) is 14.7 Å². The number of rotatable bonds is 6. The van der Waals surface area contributed by atoms with E-state index in [4.69, 9.17) is 21.1 Å². The Kier molecular flexibility index (Phi) is 5.44. The molecule has 0 aliphatic heterocycles. The minimum absolute atomic E-state index is 0.0423. The molecule has 7 heteroatoms. The van der Waals surface area contributed by atoms with Crippen LogP contribution in [-0.2, 0) is 11.3 Å². The highest BCUT2D eigenvalue weighted by molar-refractivity contribution is 7.19. The first-order chi connectivity index (χ1) is 12.5. The van der Waals surface area contributed by atoms with E-state index in [-0.39, 0.29) is 30.1 Å². The van der Waals surface area contributed by atoms with Gasteiger partial charge < -0.3 is 14.6 Å². The third-order valence-corrected chi connectivity index (χ3v) is 5.38. The Labute approximate surface area is 158 Å². The summed E-state index contributed by atoms with van der Waals surface area (Å²) in [5.41, 5.74) is -0.262. The number of benzene rings is 2. The topological polar surface area (TPSA) is 72.8 Å². The molecule has 2 aromatic carbocycles. The normalized spacial score (nSPS) is 10.7. The molecule has 0 aliphatic rings. The number of fused-ring (bicyclic) bond motifs is 1. The number of carbonyl (C=O) groups excluding carboxylic acids is 1. The van der Waals surface area contributed by atoms with E-state index in [1.54, 1.807) is 13.0 Å². The summed E-state index contributed by atoms with van der Waals surface area (Å²) in [7, 11) is 0. The number of hydrogen-bond donors (Lipinski definition) is 1. The van der Waals surface area contributed by atoms with Crippen LogP contribution in [0.5, 0.6) is 5.75 Å². The number of carboxylic acid groups (broad SMARTS) is 1. The molecule has 3 aromatic rings. The molecule has 0 spiro atoms. The van der Waals surface area contributed by atoms with Crippen LogP contribution in [0.3, 0.4) is 0 Å². The van der Waals surface area contributed by atoms with E-state index in [2.05, 4.69) is 0 Å². The van der Waals surface area contributed by atoms with Crippen LogP contribution < -0.4 is 4.74 Å². The molecule has 1 aromatic heterocycles. The molecule has 0 atom stereocenters. The van der Waals surface area contributed by atoms with Gasteiger partial charge in [0.1, 0.15) is 17.9 Å². The first-order valence-corrected chi connectivity index (χ1v) is 9.04. The smallest absolute Gasteiger partial charge is 0.340 e. The molecule has 3 rings (SSSR count). The zero-order chi connectivity index (χ0) is 18.7. The number of carboxylic acids is 1. The molecular weight excluding hydrogens is 376 g/mol. The van der Waals surface area contributed by atoms with Gasteiger partial charge in [-0.2, -0.15) is 0 Å². The molecule has 0 radical (unpaired) electrons. The summed E-state index contributed by atoms with van der Waals surface area (Å²) >= 11 is 7.87. The summed E-state index contributed by atoms with van der Waals surface area (Å²) in [5, 5.41) is 11.0. The van der Waals surface area contributed by atoms with Gasteiger partial charge in [-0.05, 0) is 25.1 Å². The Morgan fingerprint density at radius 1 is 1.15 bits per heavy atom. The Hall–Kier alpha value is -2.57. The molecule has 0 bridgehead atoms. The van der Waals surface area contributed by atoms with Crippen molar-refractivity contribution >= 4 is 45.0 Å². The Morgan fingerprint density at radius 3 is 2.62 bits per heavy atom. The number of carbonyl (C=O) groups is 2. The highest BCUT2D eigenvalue weighted by Gasteiger charge is 2.23. The van der Waals surface area contributed by atoms with E-state index in [0.717, 1.165) is 15.0 Å². The van der Waals surface area contributed by atoms with E-state index in [0.29, 0.717) is 5.02 Å². The van der Waals surface area contributed by atoms with Gasteiger partial charge in [0, 0.05) is 10.1 Å². The second kappa shape index (κ2) is 7.76. The monoisotopic (exact) mass is 390 g/mol. The van der Waals surface area contributed by atoms with Crippen molar-refractivity contribution in [2.45, 2.75) is 13.5 Å². The Bertz CT molecular complexity index is 979. The van der Waals surface area contributed by atoms with Gasteiger partial charge in [-0.25, -0.2) is 9.59 Å². The molecule has 0 saturated carbocycles. The SMILES string of the molecule is CCOC(=O)c1cccc(OCc2sc3ccccc3c2Cl)c1C(=O)O. The van der Waals surface area contributed by atoms with Crippen LogP contribution >= 0.6 is 22.9 Å². The summed E-state index contributed by atoms with van der Waals surface area (Å²) < 4.78 is 11.6. The number of thiophene rings is 1. The van der Waals surface area contributed by atoms with E-state index in [1.165, 1.54) is 23.5 Å². The molecule has 0 unspecified atom stereocenters. The second-order valence-corrected chi connectivity index (χ2v) is 6.84. The van der Waals surface area contributed by atoms with Gasteiger partial charge >= 0.3 is 11.9 Å². The van der Waals surface area contributed by atoms with Crippen molar-refractivity contribution in [1.82, 2.24) is 0 Å². The molecule has 0 saturated heterocycles. The third kappa shape index (κ3) is 3.52. The molecule has 1 N–H and O–H groups in total. The average Bonchev–Trinajstić information content (AvgIpc) is 2.96. The van der Waals surface area contributed by atoms with Crippen molar-refractivity contribution in [3.05, 3.63) is 63.5 Å². The predicted octanol–water partition coefficient (Wildman–Crippen LogP) is 5.01. The first kappa shape index (κ1) is 18.2. The van der Waals surface area contributed by atoms with Crippen LogP contribution in [0.15, 0.2) is 42.5 Å². The van der Waals surface area contributed by atoms with Crippen LogP contribution in [0.1, 0.15) is 32.5 Å². The van der Waals surface area contributed by atoms with Crippen molar-refractivity contribution in [2.75, 3.05) is 6.61 Å². The number of ether oxygens (including phenoxy) is 2. The van der Waals surface area contributed by atoms with Crippen LogP contribution in [-0.4, -0.2) is 23.7 Å². The maximum Gasteiger partial charge on any atom is 0.340 e. The van der Waals surface area contributed by atoms with Gasteiger partial charge in [-0.1, -0.05) is 35.9 Å². The van der Waals surface area contributed by atoms with Crippen molar-refractivity contribution < 1.29 is 24.2 Å². The molecule has 134 valence electrons. The lowest BCUT2D eigenvalue weighted by molar-refractivity contribution is 0.0513. The molecule has 5 nitrogen and oxygen atoms in total. The summed E-state index contributed by atoms with van der Waals surface area (Å²) in [4.78, 5) is 24.5. The summed E-state index contributed by atoms with van der Waals surface area (Å²) in [6, 6.07) is 12.2. The third-order valence-electron chi connectivity index (χ3n) is 3.70. The summed E-state index contributed by atoms with van der Waals surface area (Å²) in [6.07, 6.45) is 0. The zero-order valence-corrected chi connectivity index (χ0v) is 15.4. The van der Waals surface area contributed by atoms with Gasteiger partial charge in [-0.15, -0.1) is 11.3 Å². The molecule has 1 heterocycles. The number of esters is 1. The first-order valence-electron chi connectivity index (χ1n) is 7.85. The summed E-state index contributed by atoms with van der Waals surface area (Å²) in [6.45, 7) is 1.91. The van der Waals surface area contributed by atoms with E-state index in [1.807, 2.05) is 24.3 Å². The number of aromatic carboxylic acids is 1. The maximum atomic E-state index is 12.0. The lowest BCUT2D eigenvalue weighted by atomic mass is 10.1. The molecule has 0 aliphatic carbocycles. The zero-order valence-electron chi connectivity index (χ0n) is 13.8. The second-order valence-electron chi connectivity index (χ2n) is 5.33. The maximum absolute atomic E-state index is 12.0. The molecule has 26 heavy (non-hydrogen) atoms. The molecule has 0 fully saturated rings. The van der Waals surface area contributed by atoms with Gasteiger partial charge in [0.2, 0.25) is 0 Å². The summed E-state index contributed by atoms with van der Waals surface area (Å²) in [5.74, 6) is -1.86. The lowest BCUT2D eigenvalue weighted by Gasteiger charge is -2.12. The van der Waals surface area contributed by atoms with Crippen molar-refractivity contribution in [1.29, 1.82) is 0 Å². The Morgan fingerprint density at radius 2 is 1.92 bits per heavy atom. The standard InChI is InChI=1S/C19H15ClO5S/c1-2-24-19(23)12-7-5-8-13(16(12)18(21)22)25-10-15-17(20)11-6-3-4-9-14(11)26-15/h3-9H,2,10H2,1H3,(H,21,22). The molecule has 0 amide bonds. The van der Waals surface area contributed by atoms with E-state index >= 15 is 0 Å². The minimum Gasteiger partial charge on any atom is -0.487 e.